The second kappa shape index (κ2) is 7.17. The first-order valence-corrected chi connectivity index (χ1v) is 9.63. The predicted molar refractivity (Wildman–Crippen MR) is 105 cm³/mol. The van der Waals surface area contributed by atoms with Gasteiger partial charge < -0.3 is 0 Å². The lowest BCUT2D eigenvalue weighted by atomic mass is 10.0. The van der Waals surface area contributed by atoms with Crippen LogP contribution in [0.3, 0.4) is 0 Å². The predicted octanol–water partition coefficient (Wildman–Crippen LogP) is 5.99. The van der Waals surface area contributed by atoms with Gasteiger partial charge in [-0.2, -0.15) is 9.21 Å². The standard InChI is InChI=1S/C20H30S/c1-15(2)19(6)18(5)13-17(4)14-21(7,8)20-11-9-16(3)10-12-20/h9,11-13,16H,1,7-8,10,14H2,2-6H3/b17-13-,19-18-. The SMILES string of the molecule is C=C(C)/C(C)=C(C)\C=C(\C)CS(=C)(=C)C1=CCC(C)C=C1. The normalized spacial score (nSPS) is 20.9. The molecule has 0 nitrogen and oxygen atoms in total. The van der Waals surface area contributed by atoms with Crippen molar-refractivity contribution in [2.45, 2.75) is 41.0 Å². The van der Waals surface area contributed by atoms with Gasteiger partial charge in [0.15, 0.2) is 0 Å². The zero-order valence-electron chi connectivity index (χ0n) is 14.3. The second-order valence-corrected chi connectivity index (χ2v) is 9.30. The van der Waals surface area contributed by atoms with E-state index in [0.717, 1.165) is 17.7 Å². The van der Waals surface area contributed by atoms with Crippen LogP contribution in [0.2, 0.25) is 0 Å². The number of hydrogen-bond donors (Lipinski definition) is 0. The molecule has 21 heavy (non-hydrogen) atoms. The molecular formula is C20H30S. The van der Waals surface area contributed by atoms with E-state index in [1.54, 1.807) is 0 Å². The van der Waals surface area contributed by atoms with Crippen LogP contribution in [-0.4, -0.2) is 17.5 Å². The molecule has 0 spiro atoms. The molecule has 1 aliphatic carbocycles. The van der Waals surface area contributed by atoms with Gasteiger partial charge in [0.05, 0.1) is 0 Å². The summed E-state index contributed by atoms with van der Waals surface area (Å²) in [6, 6.07) is 0. The van der Waals surface area contributed by atoms with Crippen LogP contribution in [0.4, 0.5) is 0 Å². The quantitative estimate of drug-likeness (QED) is 0.432. The monoisotopic (exact) mass is 302 g/mol. The molecule has 0 heterocycles. The van der Waals surface area contributed by atoms with E-state index < -0.39 is 9.21 Å². The Kier molecular flexibility index (Phi) is 6.10. The summed E-state index contributed by atoms with van der Waals surface area (Å²) < 4.78 is 0. The zero-order chi connectivity index (χ0) is 16.2. The summed E-state index contributed by atoms with van der Waals surface area (Å²) in [6.45, 7) is 14.8. The fourth-order valence-corrected chi connectivity index (χ4v) is 4.34. The summed E-state index contributed by atoms with van der Waals surface area (Å²) >= 11 is 0. The fraction of sp³-hybridized carbons (Fsp3) is 0.400. The molecule has 0 saturated heterocycles. The molecule has 0 bridgehead atoms. The van der Waals surface area contributed by atoms with Gasteiger partial charge in [0.2, 0.25) is 0 Å². The summed E-state index contributed by atoms with van der Waals surface area (Å²) in [5, 5.41) is 0. The summed E-state index contributed by atoms with van der Waals surface area (Å²) in [7, 11) is -1.24. The first-order valence-electron chi connectivity index (χ1n) is 7.49. The van der Waals surface area contributed by atoms with Gasteiger partial charge in [-0.15, -0.1) is 0 Å². The molecule has 0 fully saturated rings. The lowest BCUT2D eigenvalue weighted by molar-refractivity contribution is 0.735. The van der Waals surface area contributed by atoms with Crippen molar-refractivity contribution in [1.29, 1.82) is 0 Å². The van der Waals surface area contributed by atoms with E-state index in [4.69, 9.17) is 0 Å². The maximum absolute atomic E-state index is 4.42. The minimum Gasteiger partial charge on any atom is -0.184 e. The van der Waals surface area contributed by atoms with E-state index >= 15 is 0 Å². The summed E-state index contributed by atoms with van der Waals surface area (Å²) in [5.74, 6) is 10.4. The highest BCUT2D eigenvalue weighted by molar-refractivity contribution is 8.31. The van der Waals surface area contributed by atoms with Crippen LogP contribution in [0.25, 0.3) is 0 Å². The van der Waals surface area contributed by atoms with Crippen molar-refractivity contribution in [1.82, 2.24) is 0 Å². The molecule has 1 unspecified atom stereocenters. The topological polar surface area (TPSA) is 0 Å². The highest BCUT2D eigenvalue weighted by Crippen LogP contribution is 2.37. The average molecular weight is 303 g/mol. The van der Waals surface area contributed by atoms with E-state index in [9.17, 15) is 0 Å². The van der Waals surface area contributed by atoms with E-state index in [1.807, 2.05) is 0 Å². The van der Waals surface area contributed by atoms with Crippen LogP contribution in [0.15, 0.2) is 58.1 Å². The van der Waals surface area contributed by atoms with Crippen LogP contribution in [0.5, 0.6) is 0 Å². The number of hydrogen-bond acceptors (Lipinski definition) is 0. The number of rotatable bonds is 5. The molecule has 0 radical (unpaired) electrons. The first-order chi connectivity index (χ1) is 9.63. The molecule has 0 aromatic carbocycles. The molecule has 116 valence electrons. The van der Waals surface area contributed by atoms with Crippen molar-refractivity contribution >= 4 is 20.9 Å². The number of allylic oxidation sites excluding steroid dienone is 7. The molecule has 0 N–H and O–H groups in total. The molecule has 1 heteroatoms. The van der Waals surface area contributed by atoms with Crippen LogP contribution in [0.1, 0.15) is 41.0 Å². The molecule has 1 rings (SSSR count). The average Bonchev–Trinajstić information content (AvgIpc) is 2.37. The molecule has 0 aromatic rings. The Labute approximate surface area is 132 Å². The van der Waals surface area contributed by atoms with Gasteiger partial charge in [0.1, 0.15) is 0 Å². The highest BCUT2D eigenvalue weighted by Gasteiger charge is 2.09. The van der Waals surface area contributed by atoms with E-state index in [1.165, 1.54) is 21.6 Å². The Morgan fingerprint density at radius 1 is 1.29 bits per heavy atom. The Morgan fingerprint density at radius 3 is 2.38 bits per heavy atom. The van der Waals surface area contributed by atoms with E-state index in [-0.39, 0.29) is 0 Å². The molecule has 1 aliphatic rings. The minimum atomic E-state index is -1.24. The largest absolute Gasteiger partial charge is 0.184 e. The third-order valence-electron chi connectivity index (χ3n) is 3.98. The molecule has 0 saturated carbocycles. The van der Waals surface area contributed by atoms with Gasteiger partial charge >= 0.3 is 0 Å². The maximum atomic E-state index is 4.42. The molecular weight excluding hydrogens is 272 g/mol. The molecule has 0 aliphatic heterocycles. The summed E-state index contributed by atoms with van der Waals surface area (Å²) in [6.07, 6.45) is 10.2. The van der Waals surface area contributed by atoms with Crippen molar-refractivity contribution in [2.24, 2.45) is 5.92 Å². The minimum absolute atomic E-state index is 0.643. The van der Waals surface area contributed by atoms with Crippen LogP contribution >= 0.6 is 9.21 Å². The molecule has 0 amide bonds. The maximum Gasteiger partial charge on any atom is 0.00816 e. The van der Waals surface area contributed by atoms with Crippen LogP contribution in [0, 0.1) is 5.92 Å². The smallest absolute Gasteiger partial charge is 0.00816 e. The van der Waals surface area contributed by atoms with Gasteiger partial charge in [-0.25, -0.2) is 0 Å². The summed E-state index contributed by atoms with van der Waals surface area (Å²) in [4.78, 5) is 1.34. The van der Waals surface area contributed by atoms with Crippen LogP contribution < -0.4 is 0 Å². The van der Waals surface area contributed by atoms with Gasteiger partial charge in [0.25, 0.3) is 0 Å². The fourth-order valence-electron chi connectivity index (χ4n) is 2.40. The second-order valence-electron chi connectivity index (χ2n) is 6.45. The van der Waals surface area contributed by atoms with Crippen LogP contribution in [-0.2, 0) is 0 Å². The Hall–Kier alpha value is -1.21. The Bertz CT molecular complexity index is 631. The first kappa shape index (κ1) is 17.8. The van der Waals surface area contributed by atoms with Crippen molar-refractivity contribution in [3.05, 3.63) is 58.1 Å². The van der Waals surface area contributed by atoms with Crippen molar-refractivity contribution in [3.63, 3.8) is 0 Å². The zero-order valence-corrected chi connectivity index (χ0v) is 15.1. The molecule has 0 aromatic heterocycles. The van der Waals surface area contributed by atoms with Crippen molar-refractivity contribution < 1.29 is 0 Å². The summed E-state index contributed by atoms with van der Waals surface area (Å²) in [5.41, 5.74) is 5.04. The molecule has 1 atom stereocenters. The third-order valence-corrected chi connectivity index (χ3v) is 6.29. The van der Waals surface area contributed by atoms with Gasteiger partial charge in [-0.3, -0.25) is 0 Å². The highest BCUT2D eigenvalue weighted by atomic mass is 32.2. The van der Waals surface area contributed by atoms with E-state index in [0.29, 0.717) is 5.92 Å². The van der Waals surface area contributed by atoms with Gasteiger partial charge in [-0.1, -0.05) is 60.7 Å². The van der Waals surface area contributed by atoms with E-state index in [2.05, 4.69) is 77.2 Å². The Balaban J connectivity index is 2.93. The van der Waals surface area contributed by atoms with Gasteiger partial charge in [-0.05, 0) is 56.1 Å². The lowest BCUT2D eigenvalue weighted by Crippen LogP contribution is -1.98. The van der Waals surface area contributed by atoms with Gasteiger partial charge in [0, 0.05) is 5.75 Å². The lowest BCUT2D eigenvalue weighted by Gasteiger charge is -2.21. The third kappa shape index (κ3) is 5.24. The Morgan fingerprint density at radius 2 is 1.90 bits per heavy atom. The van der Waals surface area contributed by atoms with Crippen molar-refractivity contribution in [2.75, 3.05) is 5.75 Å². The van der Waals surface area contributed by atoms with Crippen molar-refractivity contribution in [3.8, 4) is 0 Å².